The molecule has 1 aromatic rings. The SMILES string of the molecule is O=C1CCCC(SCc2ccccc2Cl)C1. The zero-order valence-electron chi connectivity index (χ0n) is 9.12. The fraction of sp³-hybridized carbons (Fsp3) is 0.462. The highest BCUT2D eigenvalue weighted by atomic mass is 35.5. The average molecular weight is 255 g/mol. The van der Waals surface area contributed by atoms with Crippen LogP contribution in [0.4, 0.5) is 0 Å². The molecule has 0 aromatic heterocycles. The number of hydrogen-bond donors (Lipinski definition) is 0. The molecule has 0 saturated heterocycles. The van der Waals surface area contributed by atoms with Crippen molar-refractivity contribution in [2.24, 2.45) is 0 Å². The van der Waals surface area contributed by atoms with Crippen LogP contribution in [-0.2, 0) is 10.5 Å². The van der Waals surface area contributed by atoms with Gasteiger partial charge in [-0.1, -0.05) is 29.8 Å². The van der Waals surface area contributed by atoms with Gasteiger partial charge >= 0.3 is 0 Å². The van der Waals surface area contributed by atoms with E-state index in [4.69, 9.17) is 11.6 Å². The summed E-state index contributed by atoms with van der Waals surface area (Å²) in [5.41, 5.74) is 1.17. The zero-order chi connectivity index (χ0) is 11.4. The molecule has 1 saturated carbocycles. The summed E-state index contributed by atoms with van der Waals surface area (Å²) in [6, 6.07) is 7.93. The highest BCUT2D eigenvalue weighted by Crippen LogP contribution is 2.30. The van der Waals surface area contributed by atoms with Crippen LogP contribution in [0.2, 0.25) is 5.02 Å². The second-order valence-corrected chi connectivity index (χ2v) is 5.86. The standard InChI is InChI=1S/C13H15ClOS/c14-13-7-2-1-4-10(13)9-16-12-6-3-5-11(15)8-12/h1-2,4,7,12H,3,5-6,8-9H2. The molecule has 0 amide bonds. The lowest BCUT2D eigenvalue weighted by Crippen LogP contribution is -2.16. The Hall–Kier alpha value is -0.470. The molecule has 1 nitrogen and oxygen atoms in total. The minimum Gasteiger partial charge on any atom is -0.300 e. The fourth-order valence-electron chi connectivity index (χ4n) is 1.95. The Labute approximate surface area is 106 Å². The number of rotatable bonds is 3. The van der Waals surface area contributed by atoms with E-state index in [0.717, 1.165) is 30.0 Å². The predicted molar refractivity (Wildman–Crippen MR) is 70.0 cm³/mol. The lowest BCUT2D eigenvalue weighted by Gasteiger charge is -2.20. The van der Waals surface area contributed by atoms with Gasteiger partial charge in [0.15, 0.2) is 0 Å². The molecule has 1 aliphatic carbocycles. The Bertz CT molecular complexity index is 378. The maximum absolute atomic E-state index is 11.3. The molecule has 1 unspecified atom stereocenters. The van der Waals surface area contributed by atoms with Gasteiger partial charge in [-0.05, 0) is 24.5 Å². The normalized spacial score (nSPS) is 21.1. The number of carbonyl (C=O) groups excluding carboxylic acids is 1. The first-order valence-electron chi connectivity index (χ1n) is 5.62. The number of hydrogen-bond acceptors (Lipinski definition) is 2. The van der Waals surface area contributed by atoms with Gasteiger partial charge in [-0.25, -0.2) is 0 Å². The van der Waals surface area contributed by atoms with Gasteiger partial charge in [0.2, 0.25) is 0 Å². The van der Waals surface area contributed by atoms with E-state index in [0.29, 0.717) is 11.0 Å². The van der Waals surface area contributed by atoms with E-state index in [2.05, 4.69) is 6.07 Å². The fourth-order valence-corrected chi connectivity index (χ4v) is 3.54. The van der Waals surface area contributed by atoms with Gasteiger partial charge in [-0.3, -0.25) is 4.79 Å². The van der Waals surface area contributed by atoms with Crippen molar-refractivity contribution < 1.29 is 4.79 Å². The van der Waals surface area contributed by atoms with E-state index < -0.39 is 0 Å². The van der Waals surface area contributed by atoms with E-state index in [-0.39, 0.29) is 0 Å². The molecule has 1 aromatic carbocycles. The third-order valence-corrected chi connectivity index (χ3v) is 4.59. The van der Waals surface area contributed by atoms with Crippen molar-refractivity contribution in [1.29, 1.82) is 0 Å². The first-order chi connectivity index (χ1) is 7.75. The number of benzene rings is 1. The second-order valence-electron chi connectivity index (χ2n) is 4.16. The first kappa shape index (κ1) is 12.0. The Kier molecular flexibility index (Phi) is 4.30. The third kappa shape index (κ3) is 3.26. The maximum Gasteiger partial charge on any atom is 0.134 e. The molecule has 16 heavy (non-hydrogen) atoms. The Morgan fingerprint density at radius 1 is 1.38 bits per heavy atom. The summed E-state index contributed by atoms with van der Waals surface area (Å²) in [7, 11) is 0. The summed E-state index contributed by atoms with van der Waals surface area (Å²) in [6.45, 7) is 0. The minimum atomic E-state index is 0.419. The Morgan fingerprint density at radius 3 is 2.94 bits per heavy atom. The molecule has 86 valence electrons. The average Bonchev–Trinajstić information content (AvgIpc) is 2.28. The number of thioether (sulfide) groups is 1. The molecule has 0 spiro atoms. The Morgan fingerprint density at radius 2 is 2.19 bits per heavy atom. The first-order valence-corrected chi connectivity index (χ1v) is 7.05. The van der Waals surface area contributed by atoms with Crippen molar-refractivity contribution in [3.05, 3.63) is 34.9 Å². The van der Waals surface area contributed by atoms with Crippen LogP contribution < -0.4 is 0 Å². The number of halogens is 1. The van der Waals surface area contributed by atoms with Crippen LogP contribution in [0.25, 0.3) is 0 Å². The molecular formula is C13H15ClOS. The summed E-state index contributed by atoms with van der Waals surface area (Å²) in [5.74, 6) is 1.33. The topological polar surface area (TPSA) is 17.1 Å². The Balaban J connectivity index is 1.87. The lowest BCUT2D eigenvalue weighted by molar-refractivity contribution is -0.120. The number of ketones is 1. The van der Waals surface area contributed by atoms with Gasteiger partial charge in [0.05, 0.1) is 0 Å². The van der Waals surface area contributed by atoms with Crippen molar-refractivity contribution in [1.82, 2.24) is 0 Å². The molecule has 1 aliphatic rings. The van der Waals surface area contributed by atoms with Crippen molar-refractivity contribution in [2.75, 3.05) is 0 Å². The molecule has 0 aliphatic heterocycles. The quantitative estimate of drug-likeness (QED) is 0.808. The van der Waals surface area contributed by atoms with Gasteiger partial charge in [0, 0.05) is 28.9 Å². The van der Waals surface area contributed by atoms with E-state index in [9.17, 15) is 4.79 Å². The largest absolute Gasteiger partial charge is 0.300 e. The van der Waals surface area contributed by atoms with Crippen LogP contribution in [0.3, 0.4) is 0 Å². The van der Waals surface area contributed by atoms with E-state index in [1.165, 1.54) is 12.0 Å². The highest BCUT2D eigenvalue weighted by molar-refractivity contribution is 7.99. The van der Waals surface area contributed by atoms with Gasteiger partial charge in [0.25, 0.3) is 0 Å². The van der Waals surface area contributed by atoms with Crippen molar-refractivity contribution in [3.63, 3.8) is 0 Å². The van der Waals surface area contributed by atoms with Gasteiger partial charge in [-0.2, -0.15) is 11.8 Å². The number of Topliss-reactive ketones (excluding diaryl/α,β-unsaturated/α-hetero) is 1. The zero-order valence-corrected chi connectivity index (χ0v) is 10.7. The predicted octanol–water partition coefficient (Wildman–Crippen LogP) is 4.08. The summed E-state index contributed by atoms with van der Waals surface area (Å²) in [5, 5.41) is 1.33. The monoisotopic (exact) mass is 254 g/mol. The van der Waals surface area contributed by atoms with Crippen LogP contribution in [0.5, 0.6) is 0 Å². The molecule has 0 N–H and O–H groups in total. The molecule has 0 bridgehead atoms. The van der Waals surface area contributed by atoms with Crippen molar-refractivity contribution in [3.8, 4) is 0 Å². The smallest absolute Gasteiger partial charge is 0.134 e. The van der Waals surface area contributed by atoms with Crippen LogP contribution in [0.15, 0.2) is 24.3 Å². The summed E-state index contributed by atoms with van der Waals surface area (Å²) >= 11 is 7.95. The van der Waals surface area contributed by atoms with E-state index >= 15 is 0 Å². The lowest BCUT2D eigenvalue weighted by atomic mass is 9.99. The molecule has 2 rings (SSSR count). The summed E-state index contributed by atoms with van der Waals surface area (Å²) in [4.78, 5) is 11.3. The third-order valence-electron chi connectivity index (χ3n) is 2.87. The molecule has 1 atom stereocenters. The molecule has 3 heteroatoms. The second kappa shape index (κ2) is 5.74. The molecule has 0 radical (unpaired) electrons. The summed E-state index contributed by atoms with van der Waals surface area (Å²) in [6.07, 6.45) is 3.75. The molecule has 0 heterocycles. The van der Waals surface area contributed by atoms with E-state index in [1.54, 1.807) is 0 Å². The van der Waals surface area contributed by atoms with Crippen molar-refractivity contribution in [2.45, 2.75) is 36.7 Å². The van der Waals surface area contributed by atoms with Crippen molar-refractivity contribution >= 4 is 29.1 Å². The molecule has 1 fully saturated rings. The van der Waals surface area contributed by atoms with Gasteiger partial charge in [0.1, 0.15) is 5.78 Å². The van der Waals surface area contributed by atoms with Crippen LogP contribution in [0.1, 0.15) is 31.2 Å². The minimum absolute atomic E-state index is 0.419. The summed E-state index contributed by atoms with van der Waals surface area (Å²) < 4.78 is 0. The highest BCUT2D eigenvalue weighted by Gasteiger charge is 2.19. The van der Waals surface area contributed by atoms with Gasteiger partial charge in [-0.15, -0.1) is 0 Å². The van der Waals surface area contributed by atoms with Crippen LogP contribution in [0, 0.1) is 0 Å². The molecular weight excluding hydrogens is 240 g/mol. The van der Waals surface area contributed by atoms with E-state index in [1.807, 2.05) is 30.0 Å². The van der Waals surface area contributed by atoms with Gasteiger partial charge < -0.3 is 0 Å². The maximum atomic E-state index is 11.3. The van der Waals surface area contributed by atoms with Crippen LogP contribution in [-0.4, -0.2) is 11.0 Å². The number of carbonyl (C=O) groups is 1. The van der Waals surface area contributed by atoms with Crippen LogP contribution >= 0.6 is 23.4 Å².